The first-order chi connectivity index (χ1) is 28.8. The summed E-state index contributed by atoms with van der Waals surface area (Å²) in [7, 11) is 0. The van der Waals surface area contributed by atoms with Crippen molar-refractivity contribution in [3.8, 4) is 0 Å². The molecule has 3 N–H and O–H groups in total. The van der Waals surface area contributed by atoms with Crippen molar-refractivity contribution < 1.29 is 41.8 Å². The van der Waals surface area contributed by atoms with Crippen molar-refractivity contribution in [2.75, 3.05) is 89.6 Å². The van der Waals surface area contributed by atoms with E-state index in [0.717, 1.165) is 75.7 Å². The molecule has 17 heteroatoms. The van der Waals surface area contributed by atoms with Crippen LogP contribution in [0.15, 0.2) is 36.4 Å². The van der Waals surface area contributed by atoms with Gasteiger partial charge in [-0.3, -0.25) is 19.4 Å². The molecule has 0 aliphatic carbocycles. The number of urea groups is 1. The van der Waals surface area contributed by atoms with Gasteiger partial charge in [-0.15, -0.1) is 0 Å². The average molecular weight is 860 g/mol. The van der Waals surface area contributed by atoms with Crippen LogP contribution in [-0.4, -0.2) is 139 Å². The highest BCUT2D eigenvalue weighted by Gasteiger charge is 2.39. The van der Waals surface area contributed by atoms with E-state index in [1.54, 1.807) is 9.80 Å². The number of nitrogens with two attached hydrogens (primary N) is 1. The van der Waals surface area contributed by atoms with Crippen LogP contribution in [0.3, 0.4) is 0 Å². The molecule has 5 heterocycles. The number of fused-ring (bicyclic) bond motifs is 1. The van der Waals surface area contributed by atoms with E-state index in [-0.39, 0.29) is 54.7 Å². The Morgan fingerprint density at radius 1 is 0.850 bits per heavy atom. The Hall–Kier alpha value is -4.28. The lowest BCUT2D eigenvalue weighted by atomic mass is 9.78. The Labute approximate surface area is 354 Å². The third-order valence-corrected chi connectivity index (χ3v) is 13.4. The van der Waals surface area contributed by atoms with Crippen molar-refractivity contribution in [1.82, 2.24) is 24.5 Å². The number of para-hydroxylation sites is 1. The molecule has 0 unspecified atom stereocenters. The number of ether oxygens (including phenoxy) is 2. The number of alkyl halides is 3. The number of likely N-dealkylation sites (tertiary alicyclic amines) is 4. The largest absolute Gasteiger partial charge is 0.463 e. The molecule has 0 saturated carbocycles. The molecule has 0 aromatic heterocycles. The first-order valence-corrected chi connectivity index (χ1v) is 21.9. The Morgan fingerprint density at radius 2 is 1.50 bits per heavy atom. The smallest absolute Gasteiger partial charge is 0.418 e. The molecule has 4 amide bonds. The molecule has 0 bridgehead atoms. The van der Waals surface area contributed by atoms with Crippen molar-refractivity contribution in [1.29, 1.82) is 0 Å². The van der Waals surface area contributed by atoms with E-state index in [0.29, 0.717) is 57.3 Å². The standard InChI is InChI=1S/C43H57ClF3N7O6/c44-35-26-29(25-34(39(35)48)43(45,46)47)27-37(60-42(58)53-20-12-33(13-21-53)54-22-11-32-5-1-2-6-36(32)49-41(54)57)40(56)52-18-9-31(10-19-52)30-7-16-51(17-8-30)28-38(55)59-24-23-50-14-3-4-15-50/h1-2,5-6,25-26,30-31,33,37H,3-4,7-24,27-28,48H2,(H,49,57)/t37-/m1/s1. The number of hydrogen-bond acceptors (Lipinski definition) is 9. The molecular formula is C43H57ClF3N7O6. The maximum absolute atomic E-state index is 14.2. The first-order valence-electron chi connectivity index (χ1n) is 21.5. The van der Waals surface area contributed by atoms with Crippen LogP contribution in [0.1, 0.15) is 68.1 Å². The fraction of sp³-hybridized carbons (Fsp3) is 0.628. The summed E-state index contributed by atoms with van der Waals surface area (Å²) in [5, 5.41) is 2.69. The number of carbonyl (C=O) groups excluding carboxylic acids is 4. The van der Waals surface area contributed by atoms with Gasteiger partial charge < -0.3 is 35.2 Å². The van der Waals surface area contributed by atoms with Crippen LogP contribution in [-0.2, 0) is 38.1 Å². The molecule has 5 aliphatic heterocycles. The number of carbonyl (C=O) groups is 4. The summed E-state index contributed by atoms with van der Waals surface area (Å²) in [5.74, 6) is 0.145. The van der Waals surface area contributed by atoms with Gasteiger partial charge in [-0.1, -0.05) is 29.8 Å². The quantitative estimate of drug-likeness (QED) is 0.202. The van der Waals surface area contributed by atoms with Gasteiger partial charge in [-0.25, -0.2) is 9.59 Å². The van der Waals surface area contributed by atoms with Crippen LogP contribution in [0.25, 0.3) is 0 Å². The Balaban J connectivity index is 0.933. The first kappa shape index (κ1) is 43.8. The number of rotatable bonds is 11. The number of nitrogens with zero attached hydrogens (tertiary/aromatic N) is 5. The number of benzene rings is 2. The molecular weight excluding hydrogens is 803 g/mol. The van der Waals surface area contributed by atoms with E-state index >= 15 is 0 Å². The minimum Gasteiger partial charge on any atom is -0.463 e. The number of nitrogens with one attached hydrogen (secondary N) is 1. The van der Waals surface area contributed by atoms with Gasteiger partial charge in [-0.05, 0) is 125 Å². The highest BCUT2D eigenvalue weighted by molar-refractivity contribution is 6.33. The summed E-state index contributed by atoms with van der Waals surface area (Å²) in [5.41, 5.74) is 5.87. The molecule has 328 valence electrons. The molecule has 2 aromatic rings. The third-order valence-electron chi connectivity index (χ3n) is 13.1. The van der Waals surface area contributed by atoms with E-state index in [1.807, 2.05) is 24.3 Å². The molecule has 13 nitrogen and oxygen atoms in total. The van der Waals surface area contributed by atoms with Gasteiger partial charge in [0.15, 0.2) is 6.10 Å². The highest BCUT2D eigenvalue weighted by atomic mass is 35.5. The maximum Gasteiger partial charge on any atom is 0.418 e. The number of piperidine rings is 3. The Bertz CT molecular complexity index is 1840. The summed E-state index contributed by atoms with van der Waals surface area (Å²) in [6.45, 7) is 7.13. The second kappa shape index (κ2) is 19.6. The van der Waals surface area contributed by atoms with Gasteiger partial charge >= 0.3 is 24.3 Å². The normalized spacial score (nSPS) is 21.0. The van der Waals surface area contributed by atoms with Gasteiger partial charge in [0.05, 0.1) is 22.8 Å². The number of halogens is 4. The number of nitrogen functional groups attached to an aromatic ring is 1. The number of amides is 4. The molecule has 1 atom stereocenters. The van der Waals surface area contributed by atoms with Crippen LogP contribution in [0, 0.1) is 11.8 Å². The summed E-state index contributed by atoms with van der Waals surface area (Å²) < 4.78 is 53.2. The molecule has 4 saturated heterocycles. The predicted molar refractivity (Wildman–Crippen MR) is 220 cm³/mol. The zero-order chi connectivity index (χ0) is 42.4. The second-order valence-electron chi connectivity index (χ2n) is 16.9. The third kappa shape index (κ3) is 11.0. The van der Waals surface area contributed by atoms with Gasteiger partial charge in [0.2, 0.25) is 0 Å². The van der Waals surface area contributed by atoms with E-state index in [1.165, 1.54) is 23.8 Å². The topological polar surface area (TPSA) is 141 Å². The van der Waals surface area contributed by atoms with Crippen LogP contribution in [0.5, 0.6) is 0 Å². The van der Waals surface area contributed by atoms with Gasteiger partial charge in [0.25, 0.3) is 5.91 Å². The predicted octanol–water partition coefficient (Wildman–Crippen LogP) is 6.13. The minimum atomic E-state index is -4.79. The lowest BCUT2D eigenvalue weighted by Crippen LogP contribution is -2.52. The summed E-state index contributed by atoms with van der Waals surface area (Å²) >= 11 is 6.16. The highest BCUT2D eigenvalue weighted by Crippen LogP contribution is 2.39. The molecule has 4 fully saturated rings. The molecule has 2 aromatic carbocycles. The van der Waals surface area contributed by atoms with Crippen molar-refractivity contribution in [2.24, 2.45) is 11.8 Å². The number of hydrogen-bond donors (Lipinski definition) is 2. The van der Waals surface area contributed by atoms with Crippen LogP contribution < -0.4 is 11.1 Å². The van der Waals surface area contributed by atoms with Crippen molar-refractivity contribution >= 4 is 47.0 Å². The summed E-state index contributed by atoms with van der Waals surface area (Å²) in [6, 6.07) is 9.51. The monoisotopic (exact) mass is 859 g/mol. The maximum atomic E-state index is 14.2. The van der Waals surface area contributed by atoms with E-state index < -0.39 is 35.5 Å². The molecule has 0 radical (unpaired) electrons. The van der Waals surface area contributed by atoms with Crippen LogP contribution in [0.2, 0.25) is 5.02 Å². The van der Waals surface area contributed by atoms with Gasteiger partial charge in [0, 0.05) is 57.4 Å². The molecule has 0 spiro atoms. The minimum absolute atomic E-state index is 0.0664. The molecule has 60 heavy (non-hydrogen) atoms. The lowest BCUT2D eigenvalue weighted by molar-refractivity contribution is -0.145. The van der Waals surface area contributed by atoms with Crippen LogP contribution in [0.4, 0.5) is 34.1 Å². The number of esters is 1. The zero-order valence-corrected chi connectivity index (χ0v) is 34.9. The number of anilines is 2. The average Bonchev–Trinajstić information content (AvgIpc) is 3.69. The van der Waals surface area contributed by atoms with Crippen LogP contribution >= 0.6 is 11.6 Å². The fourth-order valence-electron chi connectivity index (χ4n) is 9.61. The SMILES string of the molecule is Nc1c(Cl)cc(C[C@@H](OC(=O)N2CCC(N3CCc4ccccc4NC3=O)CC2)C(=O)N2CCC(C3CCN(CC(=O)OCCN4CCCC4)CC3)CC2)cc1C(F)(F)F. The van der Waals surface area contributed by atoms with Crippen molar-refractivity contribution in [3.63, 3.8) is 0 Å². The summed E-state index contributed by atoms with van der Waals surface area (Å²) in [4.78, 5) is 63.0. The molecule has 7 rings (SSSR count). The van der Waals surface area contributed by atoms with Gasteiger partial charge in [0.1, 0.15) is 6.61 Å². The Morgan fingerprint density at radius 3 is 2.18 bits per heavy atom. The molecule has 5 aliphatic rings. The fourth-order valence-corrected chi connectivity index (χ4v) is 9.86. The van der Waals surface area contributed by atoms with E-state index in [2.05, 4.69) is 15.1 Å². The van der Waals surface area contributed by atoms with Crippen molar-refractivity contribution in [2.45, 2.75) is 82.5 Å². The lowest BCUT2D eigenvalue weighted by Gasteiger charge is -2.41. The zero-order valence-electron chi connectivity index (χ0n) is 34.1. The van der Waals surface area contributed by atoms with Crippen molar-refractivity contribution in [3.05, 3.63) is 58.1 Å². The summed E-state index contributed by atoms with van der Waals surface area (Å²) in [6.07, 6.45) is 0.184. The second-order valence-corrected chi connectivity index (χ2v) is 17.3. The van der Waals surface area contributed by atoms with Gasteiger partial charge in [-0.2, -0.15) is 13.2 Å². The Kier molecular flexibility index (Phi) is 14.3. The van der Waals surface area contributed by atoms with E-state index in [4.69, 9.17) is 26.8 Å². The van der Waals surface area contributed by atoms with E-state index in [9.17, 15) is 32.3 Å².